The van der Waals surface area contributed by atoms with Gasteiger partial charge in [-0.15, -0.1) is 0 Å². The van der Waals surface area contributed by atoms with E-state index in [4.69, 9.17) is 10.00 Å². The van der Waals surface area contributed by atoms with Crippen LogP contribution in [0.1, 0.15) is 25.3 Å². The Bertz CT molecular complexity index is 323. The van der Waals surface area contributed by atoms with Crippen molar-refractivity contribution in [2.24, 2.45) is 5.92 Å². The number of nitrogens with zero attached hydrogens (tertiary/aromatic N) is 1. The third kappa shape index (κ3) is 2.26. The molecule has 1 aromatic rings. The van der Waals surface area contributed by atoms with E-state index in [1.165, 1.54) is 5.56 Å². The third-order valence-corrected chi connectivity index (χ3v) is 2.60. The van der Waals surface area contributed by atoms with Crippen LogP contribution in [0.2, 0.25) is 0 Å². The summed E-state index contributed by atoms with van der Waals surface area (Å²) >= 11 is 0. The number of nitriles is 1. The monoisotopic (exact) mass is 189 g/mol. The summed E-state index contributed by atoms with van der Waals surface area (Å²) in [5.41, 5.74) is 1.18. The second-order valence-electron chi connectivity index (χ2n) is 3.48. The fourth-order valence-electron chi connectivity index (χ4n) is 1.31. The van der Waals surface area contributed by atoms with E-state index >= 15 is 0 Å². The normalized spacial score (nSPS) is 14.1. The molecule has 0 aliphatic heterocycles. The van der Waals surface area contributed by atoms with Crippen LogP contribution in [0.3, 0.4) is 0 Å². The van der Waals surface area contributed by atoms with E-state index in [0.717, 1.165) is 5.75 Å². The van der Waals surface area contributed by atoms with Crippen molar-refractivity contribution < 1.29 is 4.74 Å². The first-order chi connectivity index (χ1) is 6.69. The summed E-state index contributed by atoms with van der Waals surface area (Å²) in [5.74, 6) is 1.17. The fraction of sp³-hybridized carbons (Fsp3) is 0.417. The SMILES string of the molecule is COc1ccc(C(C)C(C)C#N)cc1. The van der Waals surface area contributed by atoms with Gasteiger partial charge in [-0.1, -0.05) is 19.1 Å². The van der Waals surface area contributed by atoms with Gasteiger partial charge in [-0.3, -0.25) is 0 Å². The Morgan fingerprint density at radius 2 is 1.79 bits per heavy atom. The van der Waals surface area contributed by atoms with E-state index in [-0.39, 0.29) is 11.8 Å². The zero-order valence-corrected chi connectivity index (χ0v) is 8.82. The molecule has 2 unspecified atom stereocenters. The average molecular weight is 189 g/mol. The van der Waals surface area contributed by atoms with Crippen LogP contribution in [0.4, 0.5) is 0 Å². The van der Waals surface area contributed by atoms with Crippen molar-refractivity contribution in [2.45, 2.75) is 19.8 Å². The molecule has 1 aromatic carbocycles. The van der Waals surface area contributed by atoms with Gasteiger partial charge in [0.1, 0.15) is 5.75 Å². The summed E-state index contributed by atoms with van der Waals surface area (Å²) in [6, 6.07) is 10.1. The minimum Gasteiger partial charge on any atom is -0.497 e. The number of rotatable bonds is 3. The number of hydrogen-bond acceptors (Lipinski definition) is 2. The van der Waals surface area contributed by atoms with E-state index in [2.05, 4.69) is 13.0 Å². The maximum absolute atomic E-state index is 8.79. The van der Waals surface area contributed by atoms with Crippen LogP contribution in [0.15, 0.2) is 24.3 Å². The van der Waals surface area contributed by atoms with Gasteiger partial charge in [-0.25, -0.2) is 0 Å². The lowest BCUT2D eigenvalue weighted by Crippen LogP contribution is -2.03. The van der Waals surface area contributed by atoms with Gasteiger partial charge in [0.15, 0.2) is 0 Å². The molecule has 2 heteroatoms. The Morgan fingerprint density at radius 3 is 2.21 bits per heavy atom. The largest absolute Gasteiger partial charge is 0.497 e. The van der Waals surface area contributed by atoms with Gasteiger partial charge >= 0.3 is 0 Å². The highest BCUT2D eigenvalue weighted by atomic mass is 16.5. The zero-order valence-electron chi connectivity index (χ0n) is 8.82. The van der Waals surface area contributed by atoms with Gasteiger partial charge in [0, 0.05) is 0 Å². The summed E-state index contributed by atoms with van der Waals surface area (Å²) in [4.78, 5) is 0. The molecule has 0 fully saturated rings. The Labute approximate surface area is 85.1 Å². The molecule has 0 bridgehead atoms. The highest BCUT2D eigenvalue weighted by Gasteiger charge is 2.12. The van der Waals surface area contributed by atoms with E-state index < -0.39 is 0 Å². The maximum atomic E-state index is 8.79. The molecule has 0 radical (unpaired) electrons. The smallest absolute Gasteiger partial charge is 0.118 e. The van der Waals surface area contributed by atoms with Gasteiger partial charge < -0.3 is 4.74 Å². The molecule has 0 heterocycles. The topological polar surface area (TPSA) is 33.0 Å². The Morgan fingerprint density at radius 1 is 1.21 bits per heavy atom. The lowest BCUT2D eigenvalue weighted by Gasteiger charge is -2.13. The molecular weight excluding hydrogens is 174 g/mol. The molecule has 0 saturated carbocycles. The van der Waals surface area contributed by atoms with Crippen LogP contribution in [-0.4, -0.2) is 7.11 Å². The summed E-state index contributed by atoms with van der Waals surface area (Å²) in [6.45, 7) is 4.00. The molecule has 2 atom stereocenters. The molecule has 14 heavy (non-hydrogen) atoms. The van der Waals surface area contributed by atoms with Crippen LogP contribution >= 0.6 is 0 Å². The third-order valence-electron chi connectivity index (χ3n) is 2.60. The molecule has 74 valence electrons. The minimum absolute atomic E-state index is 0.0448. The fourth-order valence-corrected chi connectivity index (χ4v) is 1.31. The highest BCUT2D eigenvalue weighted by molar-refractivity contribution is 5.29. The quantitative estimate of drug-likeness (QED) is 0.732. The maximum Gasteiger partial charge on any atom is 0.118 e. The lowest BCUT2D eigenvalue weighted by molar-refractivity contribution is 0.414. The van der Waals surface area contributed by atoms with Crippen molar-refractivity contribution in [1.82, 2.24) is 0 Å². The van der Waals surface area contributed by atoms with Crippen LogP contribution in [0.25, 0.3) is 0 Å². The molecule has 0 aliphatic carbocycles. The molecule has 0 saturated heterocycles. The Hall–Kier alpha value is -1.49. The van der Waals surface area contributed by atoms with Crippen LogP contribution in [0, 0.1) is 17.2 Å². The van der Waals surface area contributed by atoms with E-state index in [0.29, 0.717) is 0 Å². The molecule has 2 nitrogen and oxygen atoms in total. The first-order valence-corrected chi connectivity index (χ1v) is 4.72. The van der Waals surface area contributed by atoms with Gasteiger partial charge in [-0.2, -0.15) is 5.26 Å². The molecule has 1 rings (SSSR count). The Balaban J connectivity index is 2.82. The summed E-state index contributed by atoms with van der Waals surface area (Å²) < 4.78 is 5.07. The van der Waals surface area contributed by atoms with Crippen molar-refractivity contribution in [1.29, 1.82) is 5.26 Å². The van der Waals surface area contributed by atoms with Gasteiger partial charge in [0.25, 0.3) is 0 Å². The van der Waals surface area contributed by atoms with Gasteiger partial charge in [0.2, 0.25) is 0 Å². The molecular formula is C12H15NO. The van der Waals surface area contributed by atoms with Gasteiger partial charge in [0.05, 0.1) is 19.1 Å². The van der Waals surface area contributed by atoms with Crippen molar-refractivity contribution >= 4 is 0 Å². The van der Waals surface area contributed by atoms with Crippen molar-refractivity contribution in [3.05, 3.63) is 29.8 Å². The van der Waals surface area contributed by atoms with Crippen molar-refractivity contribution in [2.75, 3.05) is 7.11 Å². The predicted octanol–water partition coefficient (Wildman–Crippen LogP) is 2.96. The molecule has 0 amide bonds. The second-order valence-corrected chi connectivity index (χ2v) is 3.48. The van der Waals surface area contributed by atoms with Crippen LogP contribution < -0.4 is 4.74 Å². The number of methoxy groups -OCH3 is 1. The first-order valence-electron chi connectivity index (χ1n) is 4.72. The number of ether oxygens (including phenoxy) is 1. The highest BCUT2D eigenvalue weighted by Crippen LogP contribution is 2.25. The molecule has 0 spiro atoms. The van der Waals surface area contributed by atoms with E-state index in [1.807, 2.05) is 31.2 Å². The summed E-state index contributed by atoms with van der Waals surface area (Å²) in [7, 11) is 1.65. The molecule has 0 aliphatic rings. The summed E-state index contributed by atoms with van der Waals surface area (Å²) in [6.07, 6.45) is 0. The van der Waals surface area contributed by atoms with Crippen molar-refractivity contribution in [3.8, 4) is 11.8 Å². The zero-order chi connectivity index (χ0) is 10.6. The molecule has 0 N–H and O–H groups in total. The summed E-state index contributed by atoms with van der Waals surface area (Å²) in [5, 5.41) is 8.79. The van der Waals surface area contributed by atoms with Crippen LogP contribution in [-0.2, 0) is 0 Å². The van der Waals surface area contributed by atoms with Gasteiger partial charge in [-0.05, 0) is 30.5 Å². The Kier molecular flexibility index (Phi) is 3.53. The minimum atomic E-state index is 0.0448. The predicted molar refractivity (Wildman–Crippen MR) is 56.2 cm³/mol. The molecule has 0 aromatic heterocycles. The number of benzene rings is 1. The standard InChI is InChI=1S/C12H15NO/c1-9(8-13)10(2)11-4-6-12(14-3)7-5-11/h4-7,9-10H,1-3H3. The first kappa shape index (κ1) is 10.6. The van der Waals surface area contributed by atoms with E-state index in [9.17, 15) is 0 Å². The second kappa shape index (κ2) is 4.66. The number of hydrogen-bond donors (Lipinski definition) is 0. The van der Waals surface area contributed by atoms with E-state index in [1.54, 1.807) is 7.11 Å². The average Bonchev–Trinajstić information content (AvgIpc) is 2.27. The lowest BCUT2D eigenvalue weighted by atomic mass is 9.90. The van der Waals surface area contributed by atoms with Crippen LogP contribution in [0.5, 0.6) is 5.75 Å². The van der Waals surface area contributed by atoms with Crippen molar-refractivity contribution in [3.63, 3.8) is 0 Å².